The highest BCUT2D eigenvalue weighted by Crippen LogP contribution is 2.19. The first-order valence-electron chi connectivity index (χ1n) is 4.50. The molecule has 4 nitrogen and oxygen atoms in total. The third-order valence-electron chi connectivity index (χ3n) is 2.03. The molecular weight excluding hydrogens is 220 g/mol. The highest BCUT2D eigenvalue weighted by atomic mass is 32.1. The first-order valence-corrected chi connectivity index (χ1v) is 5.38. The average molecular weight is 226 g/mol. The highest BCUT2D eigenvalue weighted by Gasteiger charge is 1.99. The lowest BCUT2D eigenvalue weighted by atomic mass is 10.2. The molecule has 2 rings (SSSR count). The molecule has 0 N–H and O–H groups in total. The van der Waals surface area contributed by atoms with Crippen LogP contribution in [0.25, 0.3) is 10.2 Å². The zero-order valence-electron chi connectivity index (χ0n) is 8.21. The molecule has 1 heterocycles. The van der Waals surface area contributed by atoms with Gasteiger partial charge in [0.15, 0.2) is 0 Å². The Morgan fingerprint density at radius 1 is 1.38 bits per heavy atom. The average Bonchev–Trinajstić information content (AvgIpc) is 2.77. The maximum Gasteiger partial charge on any atom is 0.213 e. The normalized spacial score (nSPS) is 9.38. The summed E-state index contributed by atoms with van der Waals surface area (Å²) < 4.78 is 1.12. The van der Waals surface area contributed by atoms with Gasteiger partial charge in [0.1, 0.15) is 12.1 Å². The minimum atomic E-state index is -0.0987. The van der Waals surface area contributed by atoms with Gasteiger partial charge in [0, 0.05) is 0 Å². The van der Waals surface area contributed by atoms with Crippen molar-refractivity contribution in [2.75, 3.05) is 0 Å². The van der Waals surface area contributed by atoms with E-state index in [1.807, 2.05) is 18.2 Å². The summed E-state index contributed by atoms with van der Waals surface area (Å²) >= 11 is 1.58. The molecule has 1 aromatic heterocycles. The lowest BCUT2D eigenvalue weighted by molar-refractivity contribution is 1.08. The van der Waals surface area contributed by atoms with E-state index in [0.717, 1.165) is 15.8 Å². The minimum absolute atomic E-state index is 0.0987. The smallest absolute Gasteiger partial charge is 0.213 e. The van der Waals surface area contributed by atoms with E-state index in [9.17, 15) is 0 Å². The van der Waals surface area contributed by atoms with Gasteiger partial charge in [-0.15, -0.1) is 11.3 Å². The summed E-state index contributed by atoms with van der Waals surface area (Å²) in [7, 11) is 0. The van der Waals surface area contributed by atoms with Crippen molar-refractivity contribution in [2.45, 2.75) is 6.54 Å². The van der Waals surface area contributed by atoms with Gasteiger partial charge < -0.3 is 0 Å². The van der Waals surface area contributed by atoms with Gasteiger partial charge in [-0.1, -0.05) is 6.07 Å². The summed E-state index contributed by atoms with van der Waals surface area (Å²) in [5.41, 5.74) is 3.56. The maximum atomic E-state index is 8.53. The van der Waals surface area contributed by atoms with Gasteiger partial charge in [-0.2, -0.15) is 10.5 Å². The molecule has 0 unspecified atom stereocenters. The lowest BCUT2D eigenvalue weighted by Crippen LogP contribution is -1.90. The predicted octanol–water partition coefficient (Wildman–Crippen LogP) is 2.28. The molecular formula is C11H6N4S. The van der Waals surface area contributed by atoms with Crippen molar-refractivity contribution in [1.29, 1.82) is 10.5 Å². The third kappa shape index (κ3) is 2.05. The first kappa shape index (κ1) is 10.3. The number of thiazole rings is 1. The summed E-state index contributed by atoms with van der Waals surface area (Å²) in [5.74, 6) is 0. The van der Waals surface area contributed by atoms with E-state index in [1.165, 1.54) is 0 Å². The van der Waals surface area contributed by atoms with Gasteiger partial charge in [0.25, 0.3) is 0 Å². The van der Waals surface area contributed by atoms with Crippen molar-refractivity contribution in [3.8, 4) is 12.1 Å². The van der Waals surface area contributed by atoms with Crippen LogP contribution in [0.2, 0.25) is 0 Å². The van der Waals surface area contributed by atoms with E-state index in [1.54, 1.807) is 29.0 Å². The van der Waals surface area contributed by atoms with Crippen LogP contribution in [0.3, 0.4) is 0 Å². The fraction of sp³-hybridized carbons (Fsp3) is 0.0909. The largest absolute Gasteiger partial charge is 0.260 e. The molecule has 0 bridgehead atoms. The molecule has 0 spiro atoms. The van der Waals surface area contributed by atoms with Crippen LogP contribution in [-0.2, 0) is 6.54 Å². The Kier molecular flexibility index (Phi) is 2.90. The monoisotopic (exact) mass is 226 g/mol. The van der Waals surface area contributed by atoms with Crippen molar-refractivity contribution in [1.82, 2.24) is 4.98 Å². The molecule has 5 heteroatoms. The molecule has 0 aliphatic carbocycles. The SMILES string of the molecule is N#CC(C#N)=NCc1ccc2scnc2c1. The van der Waals surface area contributed by atoms with Crippen LogP contribution in [0.15, 0.2) is 28.7 Å². The summed E-state index contributed by atoms with van der Waals surface area (Å²) in [6.07, 6.45) is 0. The standard InChI is InChI=1S/C11H6N4S/c12-4-9(5-13)14-6-8-1-2-11-10(3-8)15-7-16-11/h1-3,7H,6H2. The van der Waals surface area contributed by atoms with Gasteiger partial charge in [-0.05, 0) is 17.7 Å². The van der Waals surface area contributed by atoms with Gasteiger partial charge in [-0.25, -0.2) is 4.98 Å². The van der Waals surface area contributed by atoms with E-state index in [0.29, 0.717) is 6.54 Å². The summed E-state index contributed by atoms with van der Waals surface area (Å²) in [6, 6.07) is 9.27. The first-order chi connectivity index (χ1) is 7.83. The van der Waals surface area contributed by atoms with Crippen LogP contribution in [-0.4, -0.2) is 10.7 Å². The zero-order valence-corrected chi connectivity index (χ0v) is 9.03. The second-order valence-electron chi connectivity index (χ2n) is 3.04. The van der Waals surface area contributed by atoms with E-state index < -0.39 is 0 Å². The van der Waals surface area contributed by atoms with E-state index in [-0.39, 0.29) is 5.71 Å². The molecule has 0 atom stereocenters. The second kappa shape index (κ2) is 4.52. The van der Waals surface area contributed by atoms with Crippen LogP contribution in [0.1, 0.15) is 5.56 Å². The number of rotatable bonds is 2. The maximum absolute atomic E-state index is 8.53. The summed E-state index contributed by atoms with van der Waals surface area (Å²) in [4.78, 5) is 8.08. The number of fused-ring (bicyclic) bond motifs is 1. The Hall–Kier alpha value is -2.24. The Morgan fingerprint density at radius 2 is 2.19 bits per heavy atom. The van der Waals surface area contributed by atoms with Crippen molar-refractivity contribution in [3.63, 3.8) is 0 Å². The van der Waals surface area contributed by atoms with Gasteiger partial charge in [0.2, 0.25) is 5.71 Å². The molecule has 0 saturated heterocycles. The van der Waals surface area contributed by atoms with Crippen LogP contribution in [0.5, 0.6) is 0 Å². The van der Waals surface area contributed by atoms with Crippen LogP contribution < -0.4 is 0 Å². The highest BCUT2D eigenvalue weighted by molar-refractivity contribution is 7.16. The Balaban J connectivity index is 2.26. The van der Waals surface area contributed by atoms with E-state index in [4.69, 9.17) is 10.5 Å². The van der Waals surface area contributed by atoms with Gasteiger partial charge >= 0.3 is 0 Å². The van der Waals surface area contributed by atoms with Crippen molar-refractivity contribution < 1.29 is 0 Å². The number of aromatic nitrogens is 1. The number of hydrogen-bond donors (Lipinski definition) is 0. The van der Waals surface area contributed by atoms with Gasteiger partial charge in [-0.3, -0.25) is 4.99 Å². The number of nitrogens with zero attached hydrogens (tertiary/aromatic N) is 4. The topological polar surface area (TPSA) is 72.8 Å². The Morgan fingerprint density at radius 3 is 2.94 bits per heavy atom. The number of hydrogen-bond acceptors (Lipinski definition) is 5. The molecule has 0 radical (unpaired) electrons. The van der Waals surface area contributed by atoms with Crippen LogP contribution in [0, 0.1) is 22.7 Å². The van der Waals surface area contributed by atoms with Crippen LogP contribution >= 0.6 is 11.3 Å². The summed E-state index contributed by atoms with van der Waals surface area (Å²) in [6.45, 7) is 0.337. The second-order valence-corrected chi connectivity index (χ2v) is 3.93. The number of aliphatic imine (C=N–C) groups is 1. The molecule has 16 heavy (non-hydrogen) atoms. The zero-order chi connectivity index (χ0) is 11.4. The molecule has 1 aromatic carbocycles. The minimum Gasteiger partial charge on any atom is -0.260 e. The molecule has 0 aliphatic heterocycles. The Labute approximate surface area is 96.1 Å². The fourth-order valence-corrected chi connectivity index (χ4v) is 1.93. The van der Waals surface area contributed by atoms with Crippen LogP contribution in [0.4, 0.5) is 0 Å². The van der Waals surface area contributed by atoms with E-state index >= 15 is 0 Å². The molecule has 0 aliphatic rings. The van der Waals surface area contributed by atoms with Crippen molar-refractivity contribution >= 4 is 27.3 Å². The number of nitriles is 2. The third-order valence-corrected chi connectivity index (χ3v) is 2.84. The molecule has 0 amide bonds. The van der Waals surface area contributed by atoms with Gasteiger partial charge in [0.05, 0.1) is 22.3 Å². The lowest BCUT2D eigenvalue weighted by Gasteiger charge is -1.95. The molecule has 0 fully saturated rings. The number of benzene rings is 1. The predicted molar refractivity (Wildman–Crippen MR) is 62.0 cm³/mol. The van der Waals surface area contributed by atoms with Crippen molar-refractivity contribution in [3.05, 3.63) is 29.3 Å². The summed E-state index contributed by atoms with van der Waals surface area (Å²) in [5, 5.41) is 17.1. The molecule has 0 saturated carbocycles. The van der Waals surface area contributed by atoms with E-state index in [2.05, 4.69) is 9.98 Å². The fourth-order valence-electron chi connectivity index (χ4n) is 1.27. The van der Waals surface area contributed by atoms with Crippen molar-refractivity contribution in [2.24, 2.45) is 4.99 Å². The molecule has 2 aromatic rings. The Bertz CT molecular complexity index is 611. The quantitative estimate of drug-likeness (QED) is 0.737. The molecule has 76 valence electrons.